The normalized spacial score (nSPS) is 14.7. The first kappa shape index (κ1) is 14.4. The zero-order valence-corrected chi connectivity index (χ0v) is 9.66. The first-order chi connectivity index (χ1) is 7.04. The van der Waals surface area contributed by atoms with Crippen molar-refractivity contribution in [2.75, 3.05) is 13.2 Å². The van der Waals surface area contributed by atoms with Gasteiger partial charge in [-0.2, -0.15) is 0 Å². The van der Waals surface area contributed by atoms with E-state index in [9.17, 15) is 9.90 Å². The third-order valence-corrected chi connectivity index (χ3v) is 2.29. The topological polar surface area (TPSA) is 66.8 Å². The zero-order chi connectivity index (χ0) is 11.7. The van der Waals surface area contributed by atoms with Gasteiger partial charge in [-0.1, -0.05) is 12.8 Å². The lowest BCUT2D eigenvalue weighted by atomic mass is 9.98. The standard InChI is InChI=1S/C11H22O4/c1-3-15-10(13)11(2,14)8-6-4-5-7-9-12/h12,14H,3-9H2,1-2H3/t11-/m1/s1. The quantitative estimate of drug-likeness (QED) is 0.475. The van der Waals surface area contributed by atoms with E-state index in [4.69, 9.17) is 9.84 Å². The van der Waals surface area contributed by atoms with Crippen LogP contribution in [0.4, 0.5) is 0 Å². The largest absolute Gasteiger partial charge is 0.464 e. The maximum Gasteiger partial charge on any atom is 0.337 e. The van der Waals surface area contributed by atoms with Crippen molar-refractivity contribution in [2.45, 2.75) is 51.6 Å². The number of aliphatic hydroxyl groups excluding tert-OH is 1. The molecule has 1 atom stereocenters. The van der Waals surface area contributed by atoms with Gasteiger partial charge in [-0.15, -0.1) is 0 Å². The van der Waals surface area contributed by atoms with Crippen LogP contribution in [0, 0.1) is 0 Å². The number of esters is 1. The summed E-state index contributed by atoms with van der Waals surface area (Å²) in [6, 6.07) is 0. The number of aliphatic hydroxyl groups is 2. The van der Waals surface area contributed by atoms with Gasteiger partial charge in [0, 0.05) is 6.61 Å². The van der Waals surface area contributed by atoms with Crippen molar-refractivity contribution in [3.05, 3.63) is 0 Å². The summed E-state index contributed by atoms with van der Waals surface area (Å²) in [6.45, 7) is 3.69. The Labute approximate surface area is 91.3 Å². The molecule has 0 saturated heterocycles. The van der Waals surface area contributed by atoms with Gasteiger partial charge in [-0.3, -0.25) is 0 Å². The minimum Gasteiger partial charge on any atom is -0.464 e. The van der Waals surface area contributed by atoms with Gasteiger partial charge in [0.15, 0.2) is 5.60 Å². The van der Waals surface area contributed by atoms with Crippen molar-refractivity contribution in [2.24, 2.45) is 0 Å². The molecule has 0 amide bonds. The molecule has 0 radical (unpaired) electrons. The second-order valence-electron chi connectivity index (χ2n) is 3.88. The highest BCUT2D eigenvalue weighted by Gasteiger charge is 2.30. The molecule has 0 fully saturated rings. The first-order valence-corrected chi connectivity index (χ1v) is 5.55. The van der Waals surface area contributed by atoms with E-state index in [1.807, 2.05) is 0 Å². The van der Waals surface area contributed by atoms with Crippen molar-refractivity contribution >= 4 is 5.97 Å². The van der Waals surface area contributed by atoms with Crippen LogP contribution in [-0.2, 0) is 9.53 Å². The van der Waals surface area contributed by atoms with Gasteiger partial charge in [-0.05, 0) is 33.1 Å². The van der Waals surface area contributed by atoms with Crippen molar-refractivity contribution < 1.29 is 19.7 Å². The third kappa shape index (κ3) is 6.47. The Kier molecular flexibility index (Phi) is 7.34. The molecular weight excluding hydrogens is 196 g/mol. The fourth-order valence-corrected chi connectivity index (χ4v) is 1.32. The summed E-state index contributed by atoms with van der Waals surface area (Å²) in [4.78, 5) is 11.3. The van der Waals surface area contributed by atoms with Crippen LogP contribution in [0.3, 0.4) is 0 Å². The van der Waals surface area contributed by atoms with E-state index in [0.29, 0.717) is 13.0 Å². The molecule has 0 unspecified atom stereocenters. The highest BCUT2D eigenvalue weighted by atomic mass is 16.5. The molecule has 0 aromatic heterocycles. The molecule has 0 rings (SSSR count). The molecule has 15 heavy (non-hydrogen) atoms. The van der Waals surface area contributed by atoms with Gasteiger partial charge in [0.2, 0.25) is 0 Å². The van der Waals surface area contributed by atoms with Crippen LogP contribution in [0.1, 0.15) is 46.0 Å². The Bertz CT molecular complexity index is 177. The summed E-state index contributed by atoms with van der Waals surface area (Å²) >= 11 is 0. The SMILES string of the molecule is CCOC(=O)[C@](C)(O)CCCCCCO. The first-order valence-electron chi connectivity index (χ1n) is 5.55. The molecule has 0 spiro atoms. The number of rotatable bonds is 8. The Morgan fingerprint density at radius 3 is 2.40 bits per heavy atom. The lowest BCUT2D eigenvalue weighted by Crippen LogP contribution is -2.36. The summed E-state index contributed by atoms with van der Waals surface area (Å²) in [6.07, 6.45) is 3.80. The predicted octanol–water partition coefficient (Wildman–Crippen LogP) is 1.24. The van der Waals surface area contributed by atoms with E-state index in [1.165, 1.54) is 6.92 Å². The van der Waals surface area contributed by atoms with Gasteiger partial charge in [-0.25, -0.2) is 4.79 Å². The van der Waals surface area contributed by atoms with Gasteiger partial charge in [0.05, 0.1) is 6.61 Å². The summed E-state index contributed by atoms with van der Waals surface area (Å²) < 4.78 is 4.76. The second kappa shape index (κ2) is 7.65. The highest BCUT2D eigenvalue weighted by Crippen LogP contribution is 2.16. The maximum atomic E-state index is 11.3. The second-order valence-corrected chi connectivity index (χ2v) is 3.88. The number of hydrogen-bond acceptors (Lipinski definition) is 4. The smallest absolute Gasteiger partial charge is 0.337 e. The van der Waals surface area contributed by atoms with Crippen LogP contribution < -0.4 is 0 Å². The van der Waals surface area contributed by atoms with Crippen LogP contribution in [-0.4, -0.2) is 35.0 Å². The van der Waals surface area contributed by atoms with E-state index in [0.717, 1.165) is 25.7 Å². The molecule has 0 saturated carbocycles. The molecule has 4 heteroatoms. The summed E-state index contributed by atoms with van der Waals surface area (Å²) in [5.74, 6) is -0.549. The minimum atomic E-state index is -1.37. The number of hydrogen-bond donors (Lipinski definition) is 2. The molecular formula is C11H22O4. The molecule has 90 valence electrons. The Morgan fingerprint density at radius 1 is 1.27 bits per heavy atom. The fourth-order valence-electron chi connectivity index (χ4n) is 1.32. The molecule has 0 aromatic carbocycles. The van der Waals surface area contributed by atoms with Crippen molar-refractivity contribution in [1.29, 1.82) is 0 Å². The van der Waals surface area contributed by atoms with Crippen molar-refractivity contribution in [3.8, 4) is 0 Å². The van der Waals surface area contributed by atoms with Gasteiger partial charge in [0.1, 0.15) is 0 Å². The number of ether oxygens (including phenoxy) is 1. The monoisotopic (exact) mass is 218 g/mol. The van der Waals surface area contributed by atoms with Crippen LogP contribution in [0.2, 0.25) is 0 Å². The van der Waals surface area contributed by atoms with Crippen LogP contribution >= 0.6 is 0 Å². The molecule has 4 nitrogen and oxygen atoms in total. The number of unbranched alkanes of at least 4 members (excludes halogenated alkanes) is 3. The summed E-state index contributed by atoms with van der Waals surface area (Å²) in [5, 5.41) is 18.3. The average molecular weight is 218 g/mol. The molecule has 0 aliphatic rings. The fraction of sp³-hybridized carbons (Fsp3) is 0.909. The van der Waals surface area contributed by atoms with Gasteiger partial charge >= 0.3 is 5.97 Å². The lowest BCUT2D eigenvalue weighted by molar-refractivity contribution is -0.163. The Hall–Kier alpha value is -0.610. The van der Waals surface area contributed by atoms with E-state index in [2.05, 4.69) is 0 Å². The highest BCUT2D eigenvalue weighted by molar-refractivity contribution is 5.78. The van der Waals surface area contributed by atoms with E-state index >= 15 is 0 Å². The van der Waals surface area contributed by atoms with Crippen molar-refractivity contribution in [3.63, 3.8) is 0 Å². The lowest BCUT2D eigenvalue weighted by Gasteiger charge is -2.20. The molecule has 0 bridgehead atoms. The van der Waals surface area contributed by atoms with Crippen LogP contribution in [0.25, 0.3) is 0 Å². The van der Waals surface area contributed by atoms with Gasteiger partial charge in [0.25, 0.3) is 0 Å². The number of carbonyl (C=O) groups excluding carboxylic acids is 1. The molecule has 2 N–H and O–H groups in total. The summed E-state index contributed by atoms with van der Waals surface area (Å²) in [7, 11) is 0. The molecule has 0 aromatic rings. The van der Waals surface area contributed by atoms with Crippen molar-refractivity contribution in [1.82, 2.24) is 0 Å². The molecule has 0 aliphatic heterocycles. The van der Waals surface area contributed by atoms with E-state index in [1.54, 1.807) is 6.92 Å². The van der Waals surface area contributed by atoms with Crippen LogP contribution in [0.15, 0.2) is 0 Å². The molecule has 0 aliphatic carbocycles. The molecule has 0 heterocycles. The third-order valence-electron chi connectivity index (χ3n) is 2.29. The minimum absolute atomic E-state index is 0.203. The average Bonchev–Trinajstić information content (AvgIpc) is 2.18. The Morgan fingerprint density at radius 2 is 1.87 bits per heavy atom. The number of carbonyl (C=O) groups is 1. The predicted molar refractivity (Wildman–Crippen MR) is 57.4 cm³/mol. The van der Waals surface area contributed by atoms with E-state index in [-0.39, 0.29) is 6.61 Å². The van der Waals surface area contributed by atoms with Crippen LogP contribution in [0.5, 0.6) is 0 Å². The Balaban J connectivity index is 3.68. The zero-order valence-electron chi connectivity index (χ0n) is 9.66. The van der Waals surface area contributed by atoms with E-state index < -0.39 is 11.6 Å². The summed E-state index contributed by atoms with van der Waals surface area (Å²) in [5.41, 5.74) is -1.37. The van der Waals surface area contributed by atoms with Gasteiger partial charge < -0.3 is 14.9 Å². The maximum absolute atomic E-state index is 11.3.